The van der Waals surface area contributed by atoms with E-state index in [2.05, 4.69) is 31.2 Å². The van der Waals surface area contributed by atoms with Crippen LogP contribution in [0.1, 0.15) is 5.89 Å². The molecule has 6 heteroatoms. The summed E-state index contributed by atoms with van der Waals surface area (Å²) >= 11 is 3.38. The average molecular weight is 305 g/mol. The van der Waals surface area contributed by atoms with E-state index < -0.39 is 0 Å². The first-order valence-corrected chi connectivity index (χ1v) is 6.16. The molecule has 1 aromatic carbocycles. The van der Waals surface area contributed by atoms with Gasteiger partial charge in [-0.05, 0) is 30.3 Å². The summed E-state index contributed by atoms with van der Waals surface area (Å²) in [5.74, 6) is 1.06. The predicted molar refractivity (Wildman–Crippen MR) is 68.8 cm³/mol. The second-order valence-corrected chi connectivity index (χ2v) is 4.63. The first kappa shape index (κ1) is 11.2. The number of hydrogen-bond donors (Lipinski definition) is 0. The van der Waals surface area contributed by atoms with Gasteiger partial charge >= 0.3 is 0 Å². The van der Waals surface area contributed by atoms with E-state index in [4.69, 9.17) is 4.42 Å². The Morgan fingerprint density at radius 2 is 2.00 bits per heavy atom. The van der Waals surface area contributed by atoms with E-state index in [1.807, 2.05) is 36.5 Å². The molecule has 0 saturated carbocycles. The second kappa shape index (κ2) is 4.73. The Balaban J connectivity index is 1.83. The van der Waals surface area contributed by atoms with Crippen LogP contribution in [-0.4, -0.2) is 20.0 Å². The van der Waals surface area contributed by atoms with Crippen LogP contribution in [0.15, 0.2) is 51.6 Å². The highest BCUT2D eigenvalue weighted by molar-refractivity contribution is 9.10. The van der Waals surface area contributed by atoms with Gasteiger partial charge in [-0.1, -0.05) is 15.9 Å². The van der Waals surface area contributed by atoms with Crippen molar-refractivity contribution in [3.63, 3.8) is 0 Å². The summed E-state index contributed by atoms with van der Waals surface area (Å²) in [6.45, 7) is 0.483. The standard InChI is InChI=1S/C12H9BrN4O/c13-10-4-2-9(3-5-10)12-16-15-11(18-12)8-17-7-1-6-14-17/h1-7H,8H2. The van der Waals surface area contributed by atoms with E-state index in [0.717, 1.165) is 10.0 Å². The summed E-state index contributed by atoms with van der Waals surface area (Å²) < 4.78 is 8.34. The van der Waals surface area contributed by atoms with Gasteiger partial charge in [0.05, 0.1) is 0 Å². The minimum atomic E-state index is 0.483. The maximum atomic E-state index is 5.58. The summed E-state index contributed by atoms with van der Waals surface area (Å²) in [5, 5.41) is 12.1. The Morgan fingerprint density at radius 3 is 2.72 bits per heavy atom. The minimum absolute atomic E-state index is 0.483. The molecule has 0 aliphatic carbocycles. The predicted octanol–water partition coefficient (Wildman–Crippen LogP) is 2.74. The van der Waals surface area contributed by atoms with Crippen molar-refractivity contribution in [2.75, 3.05) is 0 Å². The van der Waals surface area contributed by atoms with Gasteiger partial charge in [-0.25, -0.2) is 0 Å². The Kier molecular flexibility index (Phi) is 2.93. The first-order chi connectivity index (χ1) is 8.81. The largest absolute Gasteiger partial charge is 0.419 e. The highest BCUT2D eigenvalue weighted by Crippen LogP contribution is 2.20. The summed E-state index contributed by atoms with van der Waals surface area (Å²) in [4.78, 5) is 0. The summed E-state index contributed by atoms with van der Waals surface area (Å²) in [5.41, 5.74) is 0.900. The van der Waals surface area contributed by atoms with Crippen LogP contribution in [0, 0.1) is 0 Å². The average Bonchev–Trinajstić information content (AvgIpc) is 3.02. The normalized spacial score (nSPS) is 10.7. The van der Waals surface area contributed by atoms with Crippen molar-refractivity contribution >= 4 is 15.9 Å². The second-order valence-electron chi connectivity index (χ2n) is 3.71. The van der Waals surface area contributed by atoms with E-state index in [0.29, 0.717) is 18.3 Å². The third kappa shape index (κ3) is 2.33. The van der Waals surface area contributed by atoms with Crippen molar-refractivity contribution in [1.82, 2.24) is 20.0 Å². The Hall–Kier alpha value is -1.95. The Bertz CT molecular complexity index is 630. The highest BCUT2D eigenvalue weighted by atomic mass is 79.9. The molecule has 0 N–H and O–H groups in total. The van der Waals surface area contributed by atoms with Gasteiger partial charge < -0.3 is 4.42 Å². The van der Waals surface area contributed by atoms with Gasteiger partial charge in [0.2, 0.25) is 11.8 Å². The van der Waals surface area contributed by atoms with Crippen LogP contribution >= 0.6 is 15.9 Å². The zero-order valence-electron chi connectivity index (χ0n) is 9.32. The molecule has 0 spiro atoms. The van der Waals surface area contributed by atoms with Crippen molar-refractivity contribution in [1.29, 1.82) is 0 Å². The fourth-order valence-corrected chi connectivity index (χ4v) is 1.82. The number of halogens is 1. The topological polar surface area (TPSA) is 56.7 Å². The van der Waals surface area contributed by atoms with Crippen LogP contribution in [-0.2, 0) is 6.54 Å². The van der Waals surface area contributed by atoms with Crippen molar-refractivity contribution in [3.05, 3.63) is 53.1 Å². The molecule has 18 heavy (non-hydrogen) atoms. The van der Waals surface area contributed by atoms with Crippen molar-refractivity contribution in [2.45, 2.75) is 6.54 Å². The van der Waals surface area contributed by atoms with Gasteiger partial charge in [0, 0.05) is 22.4 Å². The molecule has 0 amide bonds. The lowest BCUT2D eigenvalue weighted by Crippen LogP contribution is -1.99. The van der Waals surface area contributed by atoms with Crippen molar-refractivity contribution in [2.24, 2.45) is 0 Å². The molecule has 90 valence electrons. The van der Waals surface area contributed by atoms with E-state index in [-0.39, 0.29) is 0 Å². The lowest BCUT2D eigenvalue weighted by atomic mass is 10.2. The van der Waals surface area contributed by atoms with Crippen LogP contribution in [0.4, 0.5) is 0 Å². The molecular weight excluding hydrogens is 296 g/mol. The Labute approximate surface area is 112 Å². The van der Waals surface area contributed by atoms with E-state index in [1.165, 1.54) is 0 Å². The first-order valence-electron chi connectivity index (χ1n) is 5.37. The molecule has 0 radical (unpaired) electrons. The molecule has 5 nitrogen and oxygen atoms in total. The molecule has 2 aromatic heterocycles. The van der Waals surface area contributed by atoms with E-state index in [9.17, 15) is 0 Å². The fraction of sp³-hybridized carbons (Fsp3) is 0.0833. The lowest BCUT2D eigenvalue weighted by molar-refractivity contribution is 0.474. The van der Waals surface area contributed by atoms with Gasteiger partial charge in [0.15, 0.2) is 0 Å². The van der Waals surface area contributed by atoms with Gasteiger partial charge in [0.25, 0.3) is 0 Å². The fourth-order valence-electron chi connectivity index (χ4n) is 1.56. The highest BCUT2D eigenvalue weighted by Gasteiger charge is 2.08. The lowest BCUT2D eigenvalue weighted by Gasteiger charge is -1.96. The van der Waals surface area contributed by atoms with Gasteiger partial charge in [-0.3, -0.25) is 4.68 Å². The number of hydrogen-bond acceptors (Lipinski definition) is 4. The van der Waals surface area contributed by atoms with E-state index in [1.54, 1.807) is 10.9 Å². The molecule has 0 aliphatic heterocycles. The molecule has 0 atom stereocenters. The van der Waals surface area contributed by atoms with Gasteiger partial charge in [-0.2, -0.15) is 5.10 Å². The zero-order chi connectivity index (χ0) is 12.4. The van der Waals surface area contributed by atoms with Crippen molar-refractivity contribution in [3.8, 4) is 11.5 Å². The third-order valence-electron chi connectivity index (χ3n) is 2.41. The quantitative estimate of drug-likeness (QED) is 0.746. The van der Waals surface area contributed by atoms with E-state index >= 15 is 0 Å². The Morgan fingerprint density at radius 1 is 1.17 bits per heavy atom. The summed E-state index contributed by atoms with van der Waals surface area (Å²) in [6, 6.07) is 9.58. The summed E-state index contributed by atoms with van der Waals surface area (Å²) in [7, 11) is 0. The molecule has 3 rings (SSSR count). The molecule has 0 unspecified atom stereocenters. The van der Waals surface area contributed by atoms with Crippen LogP contribution in [0.5, 0.6) is 0 Å². The number of rotatable bonds is 3. The van der Waals surface area contributed by atoms with Crippen LogP contribution < -0.4 is 0 Å². The molecule has 0 fully saturated rings. The molecule has 2 heterocycles. The monoisotopic (exact) mass is 304 g/mol. The zero-order valence-corrected chi connectivity index (χ0v) is 10.9. The smallest absolute Gasteiger partial charge is 0.247 e. The minimum Gasteiger partial charge on any atom is -0.419 e. The van der Waals surface area contributed by atoms with Gasteiger partial charge in [-0.15, -0.1) is 10.2 Å². The van der Waals surface area contributed by atoms with Gasteiger partial charge in [0.1, 0.15) is 6.54 Å². The SMILES string of the molecule is Brc1ccc(-c2nnc(Cn3cccn3)o2)cc1. The molecular formula is C12H9BrN4O. The maximum Gasteiger partial charge on any atom is 0.247 e. The molecule has 0 saturated heterocycles. The number of nitrogens with zero attached hydrogens (tertiary/aromatic N) is 4. The molecule has 0 aliphatic rings. The summed E-state index contributed by atoms with van der Waals surface area (Å²) in [6.07, 6.45) is 3.56. The van der Waals surface area contributed by atoms with Crippen molar-refractivity contribution < 1.29 is 4.42 Å². The molecule has 3 aromatic rings. The maximum absolute atomic E-state index is 5.58. The van der Waals surface area contributed by atoms with Crippen LogP contribution in [0.2, 0.25) is 0 Å². The number of aromatic nitrogens is 4. The molecule has 0 bridgehead atoms. The van der Waals surface area contributed by atoms with Crippen LogP contribution in [0.3, 0.4) is 0 Å². The number of benzene rings is 1. The van der Waals surface area contributed by atoms with Crippen LogP contribution in [0.25, 0.3) is 11.5 Å². The third-order valence-corrected chi connectivity index (χ3v) is 2.94.